The molecule has 102 valence electrons. The molecule has 0 fully saturated rings. The van der Waals surface area contributed by atoms with Crippen molar-refractivity contribution in [3.8, 4) is 6.07 Å². The smallest absolute Gasteiger partial charge is 0.137 e. The van der Waals surface area contributed by atoms with Gasteiger partial charge in [0.1, 0.15) is 12.1 Å². The average Bonchev–Trinajstić information content (AvgIpc) is 2.55. The lowest BCUT2D eigenvalue weighted by Gasteiger charge is -2.16. The van der Waals surface area contributed by atoms with Gasteiger partial charge in [0.05, 0.1) is 23.2 Å². The molecular formula is C17H14N4. The normalized spacial score (nSPS) is 11.8. The maximum Gasteiger partial charge on any atom is 0.137 e. The molecule has 0 amide bonds. The number of para-hydroxylation sites is 1. The van der Waals surface area contributed by atoms with Gasteiger partial charge in [0.15, 0.2) is 0 Å². The van der Waals surface area contributed by atoms with Crippen molar-refractivity contribution in [2.45, 2.75) is 13.0 Å². The summed E-state index contributed by atoms with van der Waals surface area (Å²) in [5, 5.41) is 13.4. The molecule has 0 saturated carbocycles. The van der Waals surface area contributed by atoms with Gasteiger partial charge in [-0.15, -0.1) is 0 Å². The Labute approximate surface area is 123 Å². The fourth-order valence-electron chi connectivity index (χ4n) is 2.29. The van der Waals surface area contributed by atoms with Gasteiger partial charge in [0.2, 0.25) is 0 Å². The van der Waals surface area contributed by atoms with Crippen LogP contribution in [-0.4, -0.2) is 9.97 Å². The molecule has 1 heterocycles. The number of fused-ring (bicyclic) bond motifs is 1. The molecule has 4 heteroatoms. The van der Waals surface area contributed by atoms with Gasteiger partial charge in [-0.1, -0.05) is 24.3 Å². The van der Waals surface area contributed by atoms with Crippen LogP contribution in [0.5, 0.6) is 0 Å². The molecule has 0 aliphatic rings. The number of anilines is 1. The number of hydrogen-bond acceptors (Lipinski definition) is 4. The van der Waals surface area contributed by atoms with Crippen LogP contribution in [0.4, 0.5) is 5.82 Å². The number of nitriles is 1. The highest BCUT2D eigenvalue weighted by Gasteiger charge is 2.09. The van der Waals surface area contributed by atoms with Gasteiger partial charge < -0.3 is 5.32 Å². The monoisotopic (exact) mass is 274 g/mol. The number of nitrogens with zero attached hydrogens (tertiary/aromatic N) is 3. The van der Waals surface area contributed by atoms with E-state index in [4.69, 9.17) is 5.26 Å². The summed E-state index contributed by atoms with van der Waals surface area (Å²) >= 11 is 0. The number of nitrogens with one attached hydrogen (secondary N) is 1. The van der Waals surface area contributed by atoms with Gasteiger partial charge in [-0.25, -0.2) is 9.97 Å². The molecule has 2 aromatic carbocycles. The van der Waals surface area contributed by atoms with Crippen LogP contribution in [0, 0.1) is 11.3 Å². The molecule has 3 aromatic rings. The number of rotatable bonds is 3. The molecule has 0 aliphatic heterocycles. The van der Waals surface area contributed by atoms with Crippen LogP contribution < -0.4 is 5.32 Å². The Hall–Kier alpha value is -2.93. The fraction of sp³-hybridized carbons (Fsp3) is 0.118. The third kappa shape index (κ3) is 2.67. The highest BCUT2D eigenvalue weighted by Crippen LogP contribution is 2.24. The Morgan fingerprint density at radius 2 is 1.95 bits per heavy atom. The fourth-order valence-corrected chi connectivity index (χ4v) is 2.29. The van der Waals surface area contributed by atoms with Crippen molar-refractivity contribution in [2.24, 2.45) is 0 Å². The minimum Gasteiger partial charge on any atom is -0.363 e. The Balaban J connectivity index is 1.93. The second-order valence-corrected chi connectivity index (χ2v) is 4.84. The predicted molar refractivity (Wildman–Crippen MR) is 82.7 cm³/mol. The first kappa shape index (κ1) is 13.1. The number of aromatic nitrogens is 2. The van der Waals surface area contributed by atoms with E-state index in [1.165, 1.54) is 0 Å². The maximum atomic E-state index is 8.98. The van der Waals surface area contributed by atoms with Crippen LogP contribution in [0.15, 0.2) is 54.9 Å². The maximum absolute atomic E-state index is 8.98. The lowest BCUT2D eigenvalue weighted by atomic mass is 10.1. The van der Waals surface area contributed by atoms with Crippen LogP contribution in [-0.2, 0) is 0 Å². The van der Waals surface area contributed by atoms with E-state index >= 15 is 0 Å². The Morgan fingerprint density at radius 1 is 1.10 bits per heavy atom. The van der Waals surface area contributed by atoms with Crippen molar-refractivity contribution in [1.29, 1.82) is 5.26 Å². The number of benzene rings is 2. The van der Waals surface area contributed by atoms with Crippen molar-refractivity contribution in [1.82, 2.24) is 9.97 Å². The summed E-state index contributed by atoms with van der Waals surface area (Å²) in [6, 6.07) is 17.7. The average molecular weight is 274 g/mol. The summed E-state index contributed by atoms with van der Waals surface area (Å²) in [6.45, 7) is 2.05. The van der Waals surface area contributed by atoms with E-state index in [-0.39, 0.29) is 6.04 Å². The van der Waals surface area contributed by atoms with Gasteiger partial charge in [-0.2, -0.15) is 5.26 Å². The van der Waals surface area contributed by atoms with Crippen molar-refractivity contribution >= 4 is 16.7 Å². The second-order valence-electron chi connectivity index (χ2n) is 4.84. The topological polar surface area (TPSA) is 61.6 Å². The van der Waals surface area contributed by atoms with Crippen molar-refractivity contribution in [3.05, 3.63) is 66.0 Å². The van der Waals surface area contributed by atoms with Crippen LogP contribution in [0.1, 0.15) is 24.1 Å². The largest absolute Gasteiger partial charge is 0.363 e. The molecule has 21 heavy (non-hydrogen) atoms. The zero-order chi connectivity index (χ0) is 14.7. The minimum absolute atomic E-state index is 0.0524. The highest BCUT2D eigenvalue weighted by atomic mass is 15.0. The quantitative estimate of drug-likeness (QED) is 0.791. The van der Waals surface area contributed by atoms with Gasteiger partial charge in [0, 0.05) is 5.39 Å². The van der Waals surface area contributed by atoms with Crippen LogP contribution in [0.25, 0.3) is 10.9 Å². The van der Waals surface area contributed by atoms with E-state index in [2.05, 4.69) is 21.4 Å². The first-order valence-electron chi connectivity index (χ1n) is 6.74. The minimum atomic E-state index is 0.0524. The standard InChI is InChI=1S/C17H14N4/c1-12(14-6-4-5-13(9-14)10-18)21-17-15-7-2-3-8-16(15)19-11-20-17/h2-9,11-12H,1H3,(H,19,20,21)/t12-/m0/s1. The molecule has 0 saturated heterocycles. The molecule has 4 nitrogen and oxygen atoms in total. The Bertz CT molecular complexity index is 815. The predicted octanol–water partition coefficient (Wildman–Crippen LogP) is 3.67. The van der Waals surface area contributed by atoms with E-state index in [0.717, 1.165) is 22.3 Å². The zero-order valence-electron chi connectivity index (χ0n) is 11.6. The van der Waals surface area contributed by atoms with Crippen molar-refractivity contribution < 1.29 is 0 Å². The highest BCUT2D eigenvalue weighted by molar-refractivity contribution is 5.88. The summed E-state index contributed by atoms with van der Waals surface area (Å²) in [5.74, 6) is 0.801. The summed E-state index contributed by atoms with van der Waals surface area (Å²) in [7, 11) is 0. The summed E-state index contributed by atoms with van der Waals surface area (Å²) in [6.07, 6.45) is 1.56. The van der Waals surface area contributed by atoms with Crippen LogP contribution >= 0.6 is 0 Å². The van der Waals surface area contributed by atoms with E-state index in [0.29, 0.717) is 5.56 Å². The molecule has 1 N–H and O–H groups in total. The lowest BCUT2D eigenvalue weighted by Crippen LogP contribution is -2.08. The van der Waals surface area contributed by atoms with Gasteiger partial charge in [0.25, 0.3) is 0 Å². The molecule has 0 bridgehead atoms. The van der Waals surface area contributed by atoms with Crippen LogP contribution in [0.3, 0.4) is 0 Å². The Morgan fingerprint density at radius 3 is 2.81 bits per heavy atom. The third-order valence-corrected chi connectivity index (χ3v) is 3.41. The summed E-state index contributed by atoms with van der Waals surface area (Å²) in [5.41, 5.74) is 2.62. The second kappa shape index (κ2) is 5.59. The van der Waals surface area contributed by atoms with Gasteiger partial charge in [-0.3, -0.25) is 0 Å². The first-order chi connectivity index (χ1) is 10.3. The molecule has 0 aliphatic carbocycles. The SMILES string of the molecule is C[C@H](Nc1ncnc2ccccc12)c1cccc(C#N)c1. The zero-order valence-corrected chi connectivity index (χ0v) is 11.6. The van der Waals surface area contributed by atoms with E-state index < -0.39 is 0 Å². The summed E-state index contributed by atoms with van der Waals surface area (Å²) < 4.78 is 0. The molecule has 0 unspecified atom stereocenters. The Kier molecular flexibility index (Phi) is 3.48. The van der Waals surface area contributed by atoms with E-state index in [9.17, 15) is 0 Å². The van der Waals surface area contributed by atoms with Crippen LogP contribution in [0.2, 0.25) is 0 Å². The van der Waals surface area contributed by atoms with E-state index in [1.807, 2.05) is 49.4 Å². The van der Waals surface area contributed by atoms with Crippen molar-refractivity contribution in [2.75, 3.05) is 5.32 Å². The molecule has 0 radical (unpaired) electrons. The van der Waals surface area contributed by atoms with Crippen molar-refractivity contribution in [3.63, 3.8) is 0 Å². The molecule has 3 rings (SSSR count). The molecule has 1 aromatic heterocycles. The third-order valence-electron chi connectivity index (χ3n) is 3.41. The van der Waals surface area contributed by atoms with Gasteiger partial charge >= 0.3 is 0 Å². The van der Waals surface area contributed by atoms with Gasteiger partial charge in [-0.05, 0) is 36.8 Å². The first-order valence-corrected chi connectivity index (χ1v) is 6.74. The molecule has 0 spiro atoms. The molecular weight excluding hydrogens is 260 g/mol. The van der Waals surface area contributed by atoms with E-state index in [1.54, 1.807) is 12.4 Å². The molecule has 1 atom stereocenters. The number of hydrogen-bond donors (Lipinski definition) is 1. The summed E-state index contributed by atoms with van der Waals surface area (Å²) in [4.78, 5) is 8.58. The lowest BCUT2D eigenvalue weighted by molar-refractivity contribution is 0.875.